The van der Waals surface area contributed by atoms with E-state index in [0.717, 1.165) is 13.1 Å². The van der Waals surface area contributed by atoms with Gasteiger partial charge in [0.25, 0.3) is 5.88 Å². The molecule has 1 aromatic carbocycles. The van der Waals surface area contributed by atoms with Crippen LogP contribution >= 0.6 is 23.2 Å². The van der Waals surface area contributed by atoms with Gasteiger partial charge in [-0.1, -0.05) is 23.2 Å². The highest BCUT2D eigenvalue weighted by atomic mass is 35.5. The van der Waals surface area contributed by atoms with Crippen LogP contribution < -0.4 is 14.8 Å². The summed E-state index contributed by atoms with van der Waals surface area (Å²) >= 11 is 11.9. The largest absolute Gasteiger partial charge is 0.488 e. The van der Waals surface area contributed by atoms with Crippen LogP contribution in [0.3, 0.4) is 0 Å². The molecule has 0 bridgehead atoms. The molecule has 3 rings (SSSR count). The van der Waals surface area contributed by atoms with E-state index in [2.05, 4.69) is 10.3 Å². The van der Waals surface area contributed by atoms with E-state index in [1.807, 2.05) is 12.1 Å². The van der Waals surface area contributed by atoms with Crippen molar-refractivity contribution in [2.75, 3.05) is 19.7 Å². The molecule has 1 atom stereocenters. The Kier molecular flexibility index (Phi) is 5.60. The third-order valence-corrected chi connectivity index (χ3v) is 4.45. The highest BCUT2D eigenvalue weighted by Gasteiger charge is 2.15. The summed E-state index contributed by atoms with van der Waals surface area (Å²) < 4.78 is 11.7. The number of halogens is 2. The van der Waals surface area contributed by atoms with E-state index >= 15 is 0 Å². The van der Waals surface area contributed by atoms with Crippen LogP contribution in [0.15, 0.2) is 36.5 Å². The van der Waals surface area contributed by atoms with E-state index < -0.39 is 0 Å². The number of hydrogen-bond donors (Lipinski definition) is 1. The molecule has 1 fully saturated rings. The Labute approximate surface area is 145 Å². The Balaban J connectivity index is 1.68. The summed E-state index contributed by atoms with van der Waals surface area (Å²) in [6, 6.07) is 8.79. The molecular weight excluding hydrogens is 335 g/mol. The van der Waals surface area contributed by atoms with Crippen LogP contribution in [0.25, 0.3) is 0 Å². The molecule has 0 amide bonds. The van der Waals surface area contributed by atoms with E-state index in [-0.39, 0.29) is 0 Å². The zero-order valence-corrected chi connectivity index (χ0v) is 14.1. The van der Waals surface area contributed by atoms with Crippen molar-refractivity contribution in [1.82, 2.24) is 10.3 Å². The topological polar surface area (TPSA) is 43.4 Å². The van der Waals surface area contributed by atoms with Crippen molar-refractivity contribution in [3.05, 3.63) is 46.6 Å². The molecule has 1 unspecified atom stereocenters. The van der Waals surface area contributed by atoms with Crippen molar-refractivity contribution in [2.45, 2.75) is 12.8 Å². The minimum absolute atomic E-state index is 0.426. The molecule has 1 aliphatic rings. The van der Waals surface area contributed by atoms with E-state index in [0.29, 0.717) is 39.9 Å². The van der Waals surface area contributed by atoms with Crippen molar-refractivity contribution in [1.29, 1.82) is 0 Å². The van der Waals surface area contributed by atoms with Crippen LogP contribution in [-0.4, -0.2) is 24.7 Å². The molecule has 0 saturated carbocycles. The lowest BCUT2D eigenvalue weighted by molar-refractivity contribution is 0.212. The molecule has 1 saturated heterocycles. The Hall–Kier alpha value is -1.49. The minimum atomic E-state index is 0.426. The van der Waals surface area contributed by atoms with Gasteiger partial charge in [0.05, 0.1) is 16.7 Å². The normalized spacial score (nSPS) is 17.7. The molecule has 2 heterocycles. The zero-order valence-electron chi connectivity index (χ0n) is 12.6. The number of nitrogens with zero attached hydrogens (tertiary/aromatic N) is 1. The van der Waals surface area contributed by atoms with Crippen LogP contribution in [0.4, 0.5) is 0 Å². The van der Waals surface area contributed by atoms with Gasteiger partial charge in [-0.25, -0.2) is 4.98 Å². The van der Waals surface area contributed by atoms with Crippen molar-refractivity contribution < 1.29 is 9.47 Å². The third kappa shape index (κ3) is 4.50. The zero-order chi connectivity index (χ0) is 16.1. The first-order valence-electron chi connectivity index (χ1n) is 7.64. The van der Waals surface area contributed by atoms with Gasteiger partial charge in [-0.2, -0.15) is 0 Å². The maximum Gasteiger partial charge on any atom is 0.262 e. The predicted molar refractivity (Wildman–Crippen MR) is 91.9 cm³/mol. The van der Waals surface area contributed by atoms with Gasteiger partial charge in [0, 0.05) is 24.7 Å². The molecule has 6 heteroatoms. The Morgan fingerprint density at radius 1 is 1.22 bits per heavy atom. The van der Waals surface area contributed by atoms with Crippen molar-refractivity contribution in [3.63, 3.8) is 0 Å². The molecule has 1 N–H and O–H groups in total. The van der Waals surface area contributed by atoms with Gasteiger partial charge in [0.2, 0.25) is 0 Å². The Bertz CT molecular complexity index is 661. The fourth-order valence-electron chi connectivity index (χ4n) is 2.49. The van der Waals surface area contributed by atoms with Gasteiger partial charge in [-0.15, -0.1) is 0 Å². The third-order valence-electron chi connectivity index (χ3n) is 3.72. The molecule has 2 aromatic rings. The number of pyridine rings is 1. The maximum atomic E-state index is 6.01. The SMILES string of the molecule is Clc1ccc(Oc2ncccc2OCC2CCCNC2)cc1Cl. The number of hydrogen-bond acceptors (Lipinski definition) is 4. The fraction of sp³-hybridized carbons (Fsp3) is 0.353. The number of aromatic nitrogens is 1. The fourth-order valence-corrected chi connectivity index (χ4v) is 2.78. The number of rotatable bonds is 5. The molecule has 1 aromatic heterocycles. The van der Waals surface area contributed by atoms with Gasteiger partial charge in [0.1, 0.15) is 5.75 Å². The summed E-state index contributed by atoms with van der Waals surface area (Å²) in [4.78, 5) is 4.25. The lowest BCUT2D eigenvalue weighted by Crippen LogP contribution is -2.33. The Morgan fingerprint density at radius 2 is 2.13 bits per heavy atom. The van der Waals surface area contributed by atoms with E-state index in [4.69, 9.17) is 32.7 Å². The maximum absolute atomic E-state index is 6.01. The van der Waals surface area contributed by atoms with Gasteiger partial charge in [-0.05, 0) is 43.7 Å². The summed E-state index contributed by atoms with van der Waals surface area (Å²) in [7, 11) is 0. The van der Waals surface area contributed by atoms with Crippen LogP contribution in [0, 0.1) is 5.92 Å². The van der Waals surface area contributed by atoms with Gasteiger partial charge >= 0.3 is 0 Å². The quantitative estimate of drug-likeness (QED) is 0.856. The second-order valence-electron chi connectivity index (χ2n) is 5.51. The highest BCUT2D eigenvalue weighted by Crippen LogP contribution is 2.32. The molecule has 1 aliphatic heterocycles. The predicted octanol–water partition coefficient (Wildman–Crippen LogP) is 4.56. The minimum Gasteiger partial charge on any atom is -0.488 e. The Morgan fingerprint density at radius 3 is 2.91 bits per heavy atom. The van der Waals surface area contributed by atoms with Crippen molar-refractivity contribution >= 4 is 23.2 Å². The van der Waals surface area contributed by atoms with E-state index in [1.54, 1.807) is 24.4 Å². The summed E-state index contributed by atoms with van der Waals surface area (Å²) in [6.45, 7) is 2.73. The number of piperidine rings is 1. The van der Waals surface area contributed by atoms with Crippen molar-refractivity contribution in [3.8, 4) is 17.4 Å². The second kappa shape index (κ2) is 7.86. The van der Waals surface area contributed by atoms with E-state index in [9.17, 15) is 0 Å². The molecule has 122 valence electrons. The summed E-state index contributed by atoms with van der Waals surface area (Å²) in [5.41, 5.74) is 0. The van der Waals surface area contributed by atoms with Gasteiger partial charge < -0.3 is 14.8 Å². The molecule has 0 spiro atoms. The van der Waals surface area contributed by atoms with Crippen molar-refractivity contribution in [2.24, 2.45) is 5.92 Å². The smallest absolute Gasteiger partial charge is 0.262 e. The highest BCUT2D eigenvalue weighted by molar-refractivity contribution is 6.42. The second-order valence-corrected chi connectivity index (χ2v) is 6.32. The summed E-state index contributed by atoms with van der Waals surface area (Å²) in [5.74, 6) is 2.14. The number of nitrogens with one attached hydrogen (secondary N) is 1. The molecule has 23 heavy (non-hydrogen) atoms. The molecule has 0 radical (unpaired) electrons. The average Bonchev–Trinajstić information content (AvgIpc) is 2.58. The van der Waals surface area contributed by atoms with Gasteiger partial charge in [0.15, 0.2) is 5.75 Å². The number of benzene rings is 1. The monoisotopic (exact) mass is 352 g/mol. The molecule has 4 nitrogen and oxygen atoms in total. The lowest BCUT2D eigenvalue weighted by Gasteiger charge is -2.23. The summed E-state index contributed by atoms with van der Waals surface area (Å²) in [6.07, 6.45) is 4.03. The van der Waals surface area contributed by atoms with Crippen LogP contribution in [0.1, 0.15) is 12.8 Å². The lowest BCUT2D eigenvalue weighted by atomic mass is 10.0. The first-order valence-corrected chi connectivity index (χ1v) is 8.39. The first kappa shape index (κ1) is 16.4. The van der Waals surface area contributed by atoms with E-state index in [1.165, 1.54) is 12.8 Å². The average molecular weight is 353 g/mol. The van der Waals surface area contributed by atoms with Crippen LogP contribution in [0.2, 0.25) is 10.0 Å². The standard InChI is InChI=1S/C17H18Cl2N2O2/c18-14-6-5-13(9-15(14)19)23-17-16(4-2-8-21-17)22-11-12-3-1-7-20-10-12/h2,4-6,8-9,12,20H,1,3,7,10-11H2. The van der Waals surface area contributed by atoms with Crippen LogP contribution in [0.5, 0.6) is 17.4 Å². The molecule has 0 aliphatic carbocycles. The number of ether oxygens (including phenoxy) is 2. The first-order chi connectivity index (χ1) is 11.2. The summed E-state index contributed by atoms with van der Waals surface area (Å²) in [5, 5.41) is 4.31. The molecular formula is C17H18Cl2N2O2. The van der Waals surface area contributed by atoms with Gasteiger partial charge in [-0.3, -0.25) is 0 Å². The van der Waals surface area contributed by atoms with Crippen LogP contribution in [-0.2, 0) is 0 Å².